The molecule has 1 fully saturated rings. The van der Waals surface area contributed by atoms with Crippen LogP contribution in [0.25, 0.3) is 0 Å². The van der Waals surface area contributed by atoms with Crippen LogP contribution >= 0.6 is 27.7 Å². The highest BCUT2D eigenvalue weighted by Gasteiger charge is 2.31. The SMILES string of the molecule is Fc1ccc(SCC2(CBr)CCOCC2)cc1F. The number of benzene rings is 1. The average Bonchev–Trinajstić information content (AvgIpc) is 2.41. The molecule has 1 aliphatic heterocycles. The van der Waals surface area contributed by atoms with Crippen molar-refractivity contribution >= 4 is 27.7 Å². The van der Waals surface area contributed by atoms with Crippen LogP contribution in [0.1, 0.15) is 12.8 Å². The predicted molar refractivity (Wildman–Crippen MR) is 73.4 cm³/mol. The molecule has 0 radical (unpaired) electrons. The average molecular weight is 337 g/mol. The van der Waals surface area contributed by atoms with E-state index < -0.39 is 11.6 Å². The molecule has 0 saturated carbocycles. The molecule has 18 heavy (non-hydrogen) atoms. The standard InChI is InChI=1S/C13H15BrF2OS/c14-8-13(3-5-17-6-4-13)9-18-10-1-2-11(15)12(16)7-10/h1-2,7H,3-6,8-9H2. The summed E-state index contributed by atoms with van der Waals surface area (Å²) in [7, 11) is 0. The highest BCUT2D eigenvalue weighted by Crippen LogP contribution is 2.38. The number of halogens is 3. The van der Waals surface area contributed by atoms with E-state index in [2.05, 4.69) is 15.9 Å². The molecule has 0 N–H and O–H groups in total. The van der Waals surface area contributed by atoms with Crippen LogP contribution in [-0.2, 0) is 4.74 Å². The van der Waals surface area contributed by atoms with E-state index in [0.717, 1.165) is 42.0 Å². The molecule has 1 nitrogen and oxygen atoms in total. The molecule has 1 heterocycles. The van der Waals surface area contributed by atoms with Gasteiger partial charge in [0, 0.05) is 29.2 Å². The maximum absolute atomic E-state index is 13.1. The minimum atomic E-state index is -0.791. The number of hydrogen-bond acceptors (Lipinski definition) is 2. The molecule has 1 aromatic rings. The van der Waals surface area contributed by atoms with E-state index in [0.29, 0.717) is 0 Å². The van der Waals surface area contributed by atoms with Crippen molar-refractivity contribution in [1.29, 1.82) is 0 Å². The number of thioether (sulfide) groups is 1. The second-order valence-electron chi connectivity index (χ2n) is 4.61. The summed E-state index contributed by atoms with van der Waals surface area (Å²) in [5.41, 5.74) is 0.202. The van der Waals surface area contributed by atoms with E-state index in [1.807, 2.05) is 0 Å². The smallest absolute Gasteiger partial charge is 0.159 e. The summed E-state index contributed by atoms with van der Waals surface area (Å²) in [4.78, 5) is 0.778. The van der Waals surface area contributed by atoms with Crippen LogP contribution in [0.4, 0.5) is 8.78 Å². The zero-order valence-corrected chi connectivity index (χ0v) is 12.3. The maximum atomic E-state index is 13.1. The molecular weight excluding hydrogens is 322 g/mol. The topological polar surface area (TPSA) is 9.23 Å². The largest absolute Gasteiger partial charge is 0.381 e. The van der Waals surface area contributed by atoms with Gasteiger partial charge in [-0.25, -0.2) is 8.78 Å². The first-order valence-electron chi connectivity index (χ1n) is 5.87. The highest BCUT2D eigenvalue weighted by atomic mass is 79.9. The van der Waals surface area contributed by atoms with Gasteiger partial charge < -0.3 is 4.74 Å². The fraction of sp³-hybridized carbons (Fsp3) is 0.538. The van der Waals surface area contributed by atoms with E-state index in [4.69, 9.17) is 4.74 Å². The Morgan fingerprint density at radius 2 is 1.94 bits per heavy atom. The van der Waals surface area contributed by atoms with Gasteiger partial charge in [-0.15, -0.1) is 11.8 Å². The van der Waals surface area contributed by atoms with Crippen molar-refractivity contribution in [3.63, 3.8) is 0 Å². The first-order chi connectivity index (χ1) is 8.65. The lowest BCUT2D eigenvalue weighted by molar-refractivity contribution is 0.0374. The Balaban J connectivity index is 1.98. The van der Waals surface area contributed by atoms with Gasteiger partial charge in [0.15, 0.2) is 11.6 Å². The summed E-state index contributed by atoms with van der Waals surface area (Å²) in [6, 6.07) is 4.08. The lowest BCUT2D eigenvalue weighted by Gasteiger charge is -2.35. The van der Waals surface area contributed by atoms with Crippen molar-refractivity contribution in [3.8, 4) is 0 Å². The van der Waals surface area contributed by atoms with Crippen molar-refractivity contribution in [2.75, 3.05) is 24.3 Å². The number of alkyl halides is 1. The fourth-order valence-corrected chi connectivity index (χ4v) is 4.16. The summed E-state index contributed by atoms with van der Waals surface area (Å²) in [5.74, 6) is -0.673. The van der Waals surface area contributed by atoms with Crippen molar-refractivity contribution in [3.05, 3.63) is 29.8 Å². The van der Waals surface area contributed by atoms with Gasteiger partial charge in [0.1, 0.15) is 0 Å². The Bertz CT molecular complexity index is 408. The minimum absolute atomic E-state index is 0.202. The summed E-state index contributed by atoms with van der Waals surface area (Å²) in [6.07, 6.45) is 2.02. The monoisotopic (exact) mass is 336 g/mol. The van der Waals surface area contributed by atoms with Gasteiger partial charge in [-0.3, -0.25) is 0 Å². The third-order valence-electron chi connectivity index (χ3n) is 3.27. The van der Waals surface area contributed by atoms with E-state index in [1.54, 1.807) is 17.8 Å². The molecule has 1 aliphatic rings. The fourth-order valence-electron chi connectivity index (χ4n) is 1.92. The number of rotatable bonds is 4. The summed E-state index contributed by atoms with van der Waals surface area (Å²) < 4.78 is 31.3. The molecule has 0 spiro atoms. The van der Waals surface area contributed by atoms with Gasteiger partial charge in [-0.2, -0.15) is 0 Å². The van der Waals surface area contributed by atoms with E-state index >= 15 is 0 Å². The van der Waals surface area contributed by atoms with Gasteiger partial charge in [0.25, 0.3) is 0 Å². The van der Waals surface area contributed by atoms with Crippen molar-refractivity contribution in [1.82, 2.24) is 0 Å². The number of ether oxygens (including phenoxy) is 1. The molecule has 2 rings (SSSR count). The Hall–Kier alpha value is -0.130. The summed E-state index contributed by atoms with van der Waals surface area (Å²) in [6.45, 7) is 1.56. The van der Waals surface area contributed by atoms with Crippen molar-refractivity contribution < 1.29 is 13.5 Å². The van der Waals surface area contributed by atoms with E-state index in [9.17, 15) is 8.78 Å². The van der Waals surface area contributed by atoms with E-state index in [-0.39, 0.29) is 5.41 Å². The molecule has 100 valence electrons. The minimum Gasteiger partial charge on any atom is -0.381 e. The van der Waals surface area contributed by atoms with E-state index in [1.165, 1.54) is 12.1 Å². The predicted octanol–water partition coefficient (Wildman–Crippen LogP) is 4.25. The van der Waals surface area contributed by atoms with Gasteiger partial charge in [0.2, 0.25) is 0 Å². The third kappa shape index (κ3) is 3.45. The van der Waals surface area contributed by atoms with Crippen LogP contribution in [-0.4, -0.2) is 24.3 Å². The molecule has 1 aromatic carbocycles. The Morgan fingerprint density at radius 3 is 2.56 bits per heavy atom. The zero-order chi connectivity index (χ0) is 13.0. The molecule has 5 heteroatoms. The molecule has 0 amide bonds. The third-order valence-corrected chi connectivity index (χ3v) is 5.81. The molecule has 0 aliphatic carbocycles. The lowest BCUT2D eigenvalue weighted by atomic mass is 9.85. The van der Waals surface area contributed by atoms with Crippen LogP contribution in [0.5, 0.6) is 0 Å². The van der Waals surface area contributed by atoms with Crippen molar-refractivity contribution in [2.24, 2.45) is 5.41 Å². The van der Waals surface area contributed by atoms with Crippen molar-refractivity contribution in [2.45, 2.75) is 17.7 Å². The van der Waals surface area contributed by atoms with Gasteiger partial charge in [-0.05, 0) is 36.5 Å². The molecule has 1 saturated heterocycles. The second kappa shape index (κ2) is 6.35. The molecular formula is C13H15BrF2OS. The second-order valence-corrected chi connectivity index (χ2v) is 6.22. The van der Waals surface area contributed by atoms with Gasteiger partial charge >= 0.3 is 0 Å². The molecule has 0 bridgehead atoms. The molecule has 0 unspecified atom stereocenters. The van der Waals surface area contributed by atoms with Gasteiger partial charge in [-0.1, -0.05) is 15.9 Å². The Morgan fingerprint density at radius 1 is 1.22 bits per heavy atom. The molecule has 0 atom stereocenters. The zero-order valence-electron chi connectivity index (χ0n) is 9.93. The lowest BCUT2D eigenvalue weighted by Crippen LogP contribution is -2.33. The summed E-state index contributed by atoms with van der Waals surface area (Å²) >= 11 is 5.15. The van der Waals surface area contributed by atoms with Crippen LogP contribution in [0.3, 0.4) is 0 Å². The highest BCUT2D eigenvalue weighted by molar-refractivity contribution is 9.09. The Kier molecular flexibility index (Phi) is 5.04. The normalized spacial score (nSPS) is 18.8. The summed E-state index contributed by atoms with van der Waals surface area (Å²) in [5, 5.41) is 0.917. The first-order valence-corrected chi connectivity index (χ1v) is 7.97. The maximum Gasteiger partial charge on any atom is 0.159 e. The number of hydrogen-bond donors (Lipinski definition) is 0. The van der Waals surface area contributed by atoms with Gasteiger partial charge in [0.05, 0.1) is 0 Å². The molecule has 0 aromatic heterocycles. The Labute approximate surface area is 118 Å². The van der Waals surface area contributed by atoms with Crippen LogP contribution in [0.2, 0.25) is 0 Å². The quantitative estimate of drug-likeness (QED) is 0.600. The van der Waals surface area contributed by atoms with Crippen LogP contribution in [0, 0.1) is 17.0 Å². The first kappa shape index (κ1) is 14.3. The van der Waals surface area contributed by atoms with Crippen LogP contribution < -0.4 is 0 Å². The van der Waals surface area contributed by atoms with Crippen LogP contribution in [0.15, 0.2) is 23.1 Å².